The van der Waals surface area contributed by atoms with Gasteiger partial charge in [-0.3, -0.25) is 4.90 Å². The summed E-state index contributed by atoms with van der Waals surface area (Å²) in [4.78, 5) is 3.80. The highest BCUT2D eigenvalue weighted by Crippen LogP contribution is 2.24. The first-order chi connectivity index (χ1) is 6.33. The monoisotopic (exact) mass is 302 g/mol. The fourth-order valence-corrected chi connectivity index (χ4v) is 1.89. The molecule has 14 heavy (non-hydrogen) atoms. The number of quaternary nitrogens is 1. The number of fused-ring (bicyclic) bond motifs is 1. The zero-order chi connectivity index (χ0) is 9.26. The molecule has 1 aromatic rings. The second kappa shape index (κ2) is 4.79. The molecule has 1 aliphatic heterocycles. The third-order valence-electron chi connectivity index (χ3n) is 2.48. The van der Waals surface area contributed by atoms with Crippen LogP contribution in [0.5, 0.6) is 0 Å². The Morgan fingerprint density at radius 1 is 1.50 bits per heavy atom. The lowest BCUT2D eigenvalue weighted by Crippen LogP contribution is -3.03. The van der Waals surface area contributed by atoms with Crippen LogP contribution in [0, 0.1) is 0 Å². The molecule has 0 fully saturated rings. The van der Waals surface area contributed by atoms with Crippen LogP contribution in [0.2, 0.25) is 0 Å². The SMILES string of the molecule is C=CCN1C[NH+](C)c2ccccc21.[I-]. The number of anilines is 1. The zero-order valence-electron chi connectivity index (χ0n) is 8.33. The normalized spacial score (nSPS) is 18.6. The summed E-state index contributed by atoms with van der Waals surface area (Å²) in [5, 5.41) is 0. The van der Waals surface area contributed by atoms with Gasteiger partial charge in [-0.25, -0.2) is 0 Å². The molecule has 0 bridgehead atoms. The van der Waals surface area contributed by atoms with E-state index in [0.29, 0.717) is 0 Å². The summed E-state index contributed by atoms with van der Waals surface area (Å²) in [5.41, 5.74) is 2.74. The molecule has 1 aromatic carbocycles. The van der Waals surface area contributed by atoms with E-state index in [0.717, 1.165) is 13.2 Å². The van der Waals surface area contributed by atoms with Crippen molar-refractivity contribution in [2.45, 2.75) is 0 Å². The molecular formula is C11H15IN2. The Balaban J connectivity index is 0.000000980. The number of hydrogen-bond donors (Lipinski definition) is 1. The summed E-state index contributed by atoms with van der Waals surface area (Å²) in [5.74, 6) is 0. The summed E-state index contributed by atoms with van der Waals surface area (Å²) < 4.78 is 0. The van der Waals surface area contributed by atoms with E-state index in [1.54, 1.807) is 0 Å². The highest BCUT2D eigenvalue weighted by molar-refractivity contribution is 5.65. The van der Waals surface area contributed by atoms with Crippen molar-refractivity contribution >= 4 is 11.4 Å². The van der Waals surface area contributed by atoms with Gasteiger partial charge in [-0.1, -0.05) is 18.2 Å². The Kier molecular flexibility index (Phi) is 3.95. The van der Waals surface area contributed by atoms with Crippen LogP contribution in [-0.4, -0.2) is 20.3 Å². The molecule has 76 valence electrons. The largest absolute Gasteiger partial charge is 1.00 e. The van der Waals surface area contributed by atoms with Crippen LogP contribution in [-0.2, 0) is 0 Å². The van der Waals surface area contributed by atoms with Gasteiger partial charge in [0, 0.05) is 12.6 Å². The van der Waals surface area contributed by atoms with Gasteiger partial charge < -0.3 is 28.9 Å². The maximum Gasteiger partial charge on any atom is 0.157 e. The van der Waals surface area contributed by atoms with Gasteiger partial charge in [0.2, 0.25) is 0 Å². The first-order valence-corrected chi connectivity index (χ1v) is 4.60. The molecule has 0 amide bonds. The van der Waals surface area contributed by atoms with Crippen molar-refractivity contribution in [3.63, 3.8) is 0 Å². The van der Waals surface area contributed by atoms with E-state index in [1.807, 2.05) is 6.08 Å². The van der Waals surface area contributed by atoms with E-state index in [1.165, 1.54) is 16.3 Å². The van der Waals surface area contributed by atoms with Crippen LogP contribution in [0.4, 0.5) is 11.4 Å². The minimum absolute atomic E-state index is 0. The van der Waals surface area contributed by atoms with Crippen LogP contribution in [0.25, 0.3) is 0 Å². The second-order valence-corrected chi connectivity index (χ2v) is 3.47. The maximum absolute atomic E-state index is 3.77. The van der Waals surface area contributed by atoms with Crippen LogP contribution < -0.4 is 33.8 Å². The molecule has 0 spiro atoms. The Morgan fingerprint density at radius 3 is 2.93 bits per heavy atom. The van der Waals surface area contributed by atoms with Crippen molar-refractivity contribution in [1.29, 1.82) is 0 Å². The lowest BCUT2D eigenvalue weighted by Gasteiger charge is -2.12. The summed E-state index contributed by atoms with van der Waals surface area (Å²) in [6.45, 7) is 5.76. The van der Waals surface area contributed by atoms with E-state index >= 15 is 0 Å². The van der Waals surface area contributed by atoms with Gasteiger partial charge >= 0.3 is 0 Å². The summed E-state index contributed by atoms with van der Waals surface area (Å²) in [7, 11) is 2.20. The van der Waals surface area contributed by atoms with Crippen molar-refractivity contribution in [2.24, 2.45) is 0 Å². The van der Waals surface area contributed by atoms with E-state index in [9.17, 15) is 0 Å². The lowest BCUT2D eigenvalue weighted by atomic mass is 10.2. The highest BCUT2D eigenvalue weighted by atomic mass is 127. The standard InChI is InChI=1S/C11H14N2.HI/c1-3-8-13-9-12(2)10-6-4-5-7-11(10)13;/h3-7H,1,8-9H2,2H3;1H. The van der Waals surface area contributed by atoms with Gasteiger partial charge in [-0.2, -0.15) is 0 Å². The molecule has 0 radical (unpaired) electrons. The minimum atomic E-state index is 0. The molecule has 0 saturated heterocycles. The third-order valence-corrected chi connectivity index (χ3v) is 2.48. The molecule has 1 heterocycles. The van der Waals surface area contributed by atoms with E-state index < -0.39 is 0 Å². The molecule has 3 heteroatoms. The fourth-order valence-electron chi connectivity index (χ4n) is 1.89. The van der Waals surface area contributed by atoms with Gasteiger partial charge in [-0.15, -0.1) is 6.58 Å². The lowest BCUT2D eigenvalue weighted by molar-refractivity contribution is -0.802. The van der Waals surface area contributed by atoms with Crippen molar-refractivity contribution in [3.05, 3.63) is 36.9 Å². The van der Waals surface area contributed by atoms with Crippen LogP contribution in [0.15, 0.2) is 36.9 Å². The molecule has 1 N–H and O–H groups in total. The Bertz CT molecular complexity index is 325. The van der Waals surface area contributed by atoms with Crippen LogP contribution in [0.3, 0.4) is 0 Å². The van der Waals surface area contributed by atoms with Gasteiger partial charge in [0.1, 0.15) is 5.69 Å². The van der Waals surface area contributed by atoms with Crippen molar-refractivity contribution in [3.8, 4) is 0 Å². The number of para-hydroxylation sites is 2. The maximum atomic E-state index is 3.77. The zero-order valence-corrected chi connectivity index (χ0v) is 10.5. The Morgan fingerprint density at radius 2 is 2.21 bits per heavy atom. The molecule has 0 aromatic heterocycles. The predicted molar refractivity (Wildman–Crippen MR) is 55.4 cm³/mol. The Hall–Kier alpha value is -0.550. The first kappa shape index (κ1) is 11.5. The van der Waals surface area contributed by atoms with Crippen molar-refractivity contribution in [2.75, 3.05) is 25.2 Å². The van der Waals surface area contributed by atoms with E-state index in [2.05, 4.69) is 42.8 Å². The number of rotatable bonds is 2. The van der Waals surface area contributed by atoms with Crippen molar-refractivity contribution in [1.82, 2.24) is 0 Å². The van der Waals surface area contributed by atoms with Gasteiger partial charge in [0.15, 0.2) is 12.4 Å². The minimum Gasteiger partial charge on any atom is -1.00 e. The molecule has 1 aliphatic rings. The smallest absolute Gasteiger partial charge is 0.157 e. The molecule has 2 nitrogen and oxygen atoms in total. The average Bonchev–Trinajstić information content (AvgIpc) is 2.46. The summed E-state index contributed by atoms with van der Waals surface area (Å²) in [6, 6.07) is 8.55. The van der Waals surface area contributed by atoms with Crippen molar-refractivity contribution < 1.29 is 28.9 Å². The van der Waals surface area contributed by atoms with E-state index in [4.69, 9.17) is 0 Å². The number of nitrogens with one attached hydrogen (secondary N) is 1. The average molecular weight is 302 g/mol. The second-order valence-electron chi connectivity index (χ2n) is 3.47. The molecule has 1 atom stereocenters. The van der Waals surface area contributed by atoms with Gasteiger partial charge in [0.05, 0.1) is 7.05 Å². The molecule has 0 saturated carbocycles. The first-order valence-electron chi connectivity index (χ1n) is 4.60. The van der Waals surface area contributed by atoms with Gasteiger partial charge in [-0.05, 0) is 6.07 Å². The molecule has 1 unspecified atom stereocenters. The topological polar surface area (TPSA) is 7.68 Å². The van der Waals surface area contributed by atoms with Crippen LogP contribution in [0.1, 0.15) is 0 Å². The Labute approximate surface area is 102 Å². The summed E-state index contributed by atoms with van der Waals surface area (Å²) in [6.07, 6.45) is 1.95. The number of nitrogens with zero attached hydrogens (tertiary/aromatic N) is 1. The highest BCUT2D eigenvalue weighted by Gasteiger charge is 2.25. The van der Waals surface area contributed by atoms with Gasteiger partial charge in [0.25, 0.3) is 0 Å². The predicted octanol–water partition coefficient (Wildman–Crippen LogP) is -2.20. The third kappa shape index (κ3) is 1.93. The molecular weight excluding hydrogens is 287 g/mol. The molecule has 0 aliphatic carbocycles. The number of halogens is 1. The number of hydrogen-bond acceptors (Lipinski definition) is 1. The number of benzene rings is 1. The van der Waals surface area contributed by atoms with Crippen LogP contribution >= 0.6 is 0 Å². The van der Waals surface area contributed by atoms with E-state index in [-0.39, 0.29) is 24.0 Å². The fraction of sp³-hybridized carbons (Fsp3) is 0.273. The quantitative estimate of drug-likeness (QED) is 0.481. The summed E-state index contributed by atoms with van der Waals surface area (Å²) >= 11 is 0. The molecule has 2 rings (SSSR count).